The van der Waals surface area contributed by atoms with Crippen molar-refractivity contribution in [2.24, 2.45) is 0 Å². The Hall–Kier alpha value is -3.66. The van der Waals surface area contributed by atoms with E-state index in [1.165, 1.54) is 11.8 Å². The number of ether oxygens (including phenoxy) is 2. The lowest BCUT2D eigenvalue weighted by atomic mass is 9.88. The predicted molar refractivity (Wildman–Crippen MR) is 107 cm³/mol. The van der Waals surface area contributed by atoms with Crippen LogP contribution in [-0.2, 0) is 27.1 Å². The highest BCUT2D eigenvalue weighted by Gasteiger charge is 2.23. The quantitative estimate of drug-likeness (QED) is 0.457. The van der Waals surface area contributed by atoms with E-state index < -0.39 is 11.9 Å². The molecule has 2 aromatic rings. The smallest absolute Gasteiger partial charge is 0.350 e. The van der Waals surface area contributed by atoms with E-state index in [1.807, 2.05) is 18.2 Å². The average Bonchev–Trinajstić information content (AvgIpc) is 2.74. The molecule has 1 aliphatic rings. The van der Waals surface area contributed by atoms with Gasteiger partial charge in [-0.15, -0.1) is 0 Å². The molecule has 1 heterocycles. The van der Waals surface area contributed by atoms with Gasteiger partial charge >= 0.3 is 11.9 Å². The highest BCUT2D eigenvalue weighted by molar-refractivity contribution is 5.97. The number of hydrogen-bond acceptors (Lipinski definition) is 7. The van der Waals surface area contributed by atoms with Crippen LogP contribution in [0.2, 0.25) is 0 Å². The second kappa shape index (κ2) is 9.02. The molecule has 29 heavy (non-hydrogen) atoms. The van der Waals surface area contributed by atoms with Crippen molar-refractivity contribution in [3.8, 4) is 17.3 Å². The van der Waals surface area contributed by atoms with Crippen molar-refractivity contribution < 1.29 is 19.1 Å². The molecule has 0 spiro atoms. The van der Waals surface area contributed by atoms with Crippen molar-refractivity contribution in [1.82, 2.24) is 4.98 Å². The molecule has 0 amide bonds. The molecule has 148 valence electrons. The average molecular weight is 391 g/mol. The van der Waals surface area contributed by atoms with Crippen LogP contribution in [0.1, 0.15) is 35.3 Å². The summed E-state index contributed by atoms with van der Waals surface area (Å²) in [5.41, 5.74) is 3.94. The van der Waals surface area contributed by atoms with Crippen LogP contribution < -0.4 is 5.32 Å². The minimum Gasteiger partial charge on any atom is -0.462 e. The number of hydrogen-bond donors (Lipinski definition) is 1. The number of anilines is 1. The van der Waals surface area contributed by atoms with Gasteiger partial charge in [-0.1, -0.05) is 24.3 Å². The number of carbonyl (C=O) groups excluding carboxylic acids is 2. The fourth-order valence-electron chi connectivity index (χ4n) is 3.18. The summed E-state index contributed by atoms with van der Waals surface area (Å²) < 4.78 is 10.0. The molecule has 0 unspecified atom stereocenters. The van der Waals surface area contributed by atoms with Gasteiger partial charge in [0.25, 0.3) is 0 Å². The normalized spacial score (nSPS) is 12.2. The molecule has 1 aromatic carbocycles. The van der Waals surface area contributed by atoms with Crippen LogP contribution in [0, 0.1) is 11.3 Å². The van der Waals surface area contributed by atoms with Crippen LogP contribution >= 0.6 is 0 Å². The lowest BCUT2D eigenvalue weighted by Crippen LogP contribution is -2.15. The van der Waals surface area contributed by atoms with Gasteiger partial charge in [0.05, 0.1) is 18.9 Å². The molecular formula is C22H21N3O4. The Morgan fingerprint density at radius 1 is 1.17 bits per heavy atom. The Balaban J connectivity index is 2.06. The first-order valence-electron chi connectivity index (χ1n) is 9.42. The minimum atomic E-state index is -0.747. The summed E-state index contributed by atoms with van der Waals surface area (Å²) in [5.74, 6) is -1.05. The van der Waals surface area contributed by atoms with Crippen LogP contribution in [0.4, 0.5) is 5.82 Å². The van der Waals surface area contributed by atoms with Crippen LogP contribution in [0.5, 0.6) is 0 Å². The van der Waals surface area contributed by atoms with E-state index in [2.05, 4.69) is 16.4 Å². The lowest BCUT2D eigenvalue weighted by Gasteiger charge is -2.21. The van der Waals surface area contributed by atoms with Gasteiger partial charge < -0.3 is 14.8 Å². The Morgan fingerprint density at radius 3 is 2.62 bits per heavy atom. The summed E-state index contributed by atoms with van der Waals surface area (Å²) >= 11 is 0. The third-order valence-corrected chi connectivity index (χ3v) is 4.50. The molecule has 0 bridgehead atoms. The second-order valence-electron chi connectivity index (χ2n) is 6.30. The van der Waals surface area contributed by atoms with Gasteiger partial charge in [-0.3, -0.25) is 0 Å². The number of benzene rings is 1. The highest BCUT2D eigenvalue weighted by atomic mass is 16.5. The molecule has 1 aromatic heterocycles. The molecule has 0 saturated carbocycles. The third-order valence-electron chi connectivity index (χ3n) is 4.50. The fourth-order valence-corrected chi connectivity index (χ4v) is 3.18. The molecule has 7 heteroatoms. The third kappa shape index (κ3) is 4.27. The van der Waals surface area contributed by atoms with E-state index in [0.717, 1.165) is 29.7 Å². The fraction of sp³-hybridized carbons (Fsp3) is 0.273. The Labute approximate surface area is 169 Å². The molecule has 0 fully saturated rings. The largest absolute Gasteiger partial charge is 0.462 e. The number of nitriles is 1. The van der Waals surface area contributed by atoms with Gasteiger partial charge in [-0.2, -0.15) is 5.26 Å². The maximum absolute atomic E-state index is 12.5. The highest BCUT2D eigenvalue weighted by Crippen LogP contribution is 2.34. The Bertz CT molecular complexity index is 1020. The Kier molecular flexibility index (Phi) is 6.25. The monoisotopic (exact) mass is 391 g/mol. The van der Waals surface area contributed by atoms with Crippen LogP contribution in [0.3, 0.4) is 0 Å². The van der Waals surface area contributed by atoms with Crippen molar-refractivity contribution in [3.05, 3.63) is 58.8 Å². The molecule has 7 nitrogen and oxygen atoms in total. The first kappa shape index (κ1) is 20.1. The molecule has 0 atom stereocenters. The molecule has 1 aliphatic carbocycles. The van der Waals surface area contributed by atoms with E-state index in [4.69, 9.17) is 9.47 Å². The van der Waals surface area contributed by atoms with Gasteiger partial charge in [-0.25, -0.2) is 14.6 Å². The summed E-state index contributed by atoms with van der Waals surface area (Å²) in [6, 6.07) is 11.5. The number of nitrogens with one attached hydrogen (secondary N) is 1. The van der Waals surface area contributed by atoms with Crippen LogP contribution in [-0.4, -0.2) is 30.1 Å². The van der Waals surface area contributed by atoms with Crippen molar-refractivity contribution >= 4 is 17.8 Å². The molecular weight excluding hydrogens is 370 g/mol. The summed E-state index contributed by atoms with van der Waals surface area (Å²) in [5, 5.41) is 12.0. The first-order chi connectivity index (χ1) is 14.1. The topological polar surface area (TPSA) is 101 Å². The number of esters is 2. The summed E-state index contributed by atoms with van der Waals surface area (Å²) in [4.78, 5) is 29.0. The Morgan fingerprint density at radius 2 is 1.90 bits per heavy atom. The van der Waals surface area contributed by atoms with Crippen LogP contribution in [0.15, 0.2) is 42.1 Å². The van der Waals surface area contributed by atoms with E-state index in [1.54, 1.807) is 26.0 Å². The van der Waals surface area contributed by atoms with E-state index >= 15 is 0 Å². The summed E-state index contributed by atoms with van der Waals surface area (Å²) in [6.45, 7) is 3.75. The van der Waals surface area contributed by atoms with E-state index in [9.17, 15) is 14.9 Å². The second-order valence-corrected chi connectivity index (χ2v) is 6.30. The van der Waals surface area contributed by atoms with Gasteiger partial charge in [0, 0.05) is 11.8 Å². The van der Waals surface area contributed by atoms with Crippen molar-refractivity contribution in [1.29, 1.82) is 5.26 Å². The van der Waals surface area contributed by atoms with Gasteiger partial charge in [-0.05, 0) is 43.9 Å². The molecule has 1 N–H and O–H groups in total. The molecule has 0 radical (unpaired) electrons. The summed E-state index contributed by atoms with van der Waals surface area (Å²) in [6.07, 6.45) is 2.82. The van der Waals surface area contributed by atoms with Crippen molar-refractivity contribution in [2.45, 2.75) is 26.7 Å². The number of nitrogens with zero attached hydrogens (tertiary/aromatic N) is 2. The number of fused-ring (bicyclic) bond motifs is 3. The zero-order valence-corrected chi connectivity index (χ0v) is 16.3. The van der Waals surface area contributed by atoms with E-state index in [0.29, 0.717) is 0 Å². The number of aryl methyl sites for hydroxylation is 2. The molecule has 0 saturated heterocycles. The number of pyridine rings is 1. The minimum absolute atomic E-state index is 0.153. The molecule has 0 aliphatic heterocycles. The summed E-state index contributed by atoms with van der Waals surface area (Å²) in [7, 11) is 0. The van der Waals surface area contributed by atoms with Gasteiger partial charge in [0.15, 0.2) is 5.57 Å². The number of rotatable bonds is 6. The predicted octanol–water partition coefficient (Wildman–Crippen LogP) is 3.41. The van der Waals surface area contributed by atoms with Gasteiger partial charge in [0.1, 0.15) is 17.5 Å². The maximum atomic E-state index is 12.5. The maximum Gasteiger partial charge on any atom is 0.350 e. The number of carbonyl (C=O) groups is 2. The zero-order chi connectivity index (χ0) is 20.8. The van der Waals surface area contributed by atoms with E-state index in [-0.39, 0.29) is 30.2 Å². The van der Waals surface area contributed by atoms with Crippen LogP contribution in [0.25, 0.3) is 11.3 Å². The van der Waals surface area contributed by atoms with Crippen molar-refractivity contribution in [3.63, 3.8) is 0 Å². The lowest BCUT2D eigenvalue weighted by molar-refractivity contribution is -0.138. The number of aromatic nitrogens is 1. The standard InChI is InChI=1S/C22H21N3O4/c1-3-28-21(26)16(12-23)13-24-20-18(22(27)29-4-2)11-15-10-9-14-7-5-6-8-17(14)19(15)25-20/h5-8,11,13H,3-4,9-10H2,1-2H3,(H,24,25)/b16-13-. The first-order valence-corrected chi connectivity index (χ1v) is 9.42. The van der Waals surface area contributed by atoms with Crippen molar-refractivity contribution in [2.75, 3.05) is 18.5 Å². The van der Waals surface area contributed by atoms with Gasteiger partial charge in [0.2, 0.25) is 0 Å². The SMILES string of the molecule is CCOC(=O)/C(C#N)=C\Nc1nc2c(cc1C(=O)OCC)CCc1ccccc1-2. The zero-order valence-electron chi connectivity index (χ0n) is 16.3. The molecule has 3 rings (SSSR count).